The summed E-state index contributed by atoms with van der Waals surface area (Å²) in [5.74, 6) is 0.776. The summed E-state index contributed by atoms with van der Waals surface area (Å²) in [5.41, 5.74) is 2.22. The predicted octanol–water partition coefficient (Wildman–Crippen LogP) is 3.67. The number of pyridine rings is 1. The zero-order valence-corrected chi connectivity index (χ0v) is 14.8. The highest BCUT2D eigenvalue weighted by molar-refractivity contribution is 5.89. The smallest absolute Gasteiger partial charge is 0.340 e. The highest BCUT2D eigenvalue weighted by atomic mass is 16.5. The number of carbonyl (C=O) groups excluding carboxylic acids is 1. The molecule has 0 spiro atoms. The molecule has 0 aliphatic rings. The molecule has 6 heteroatoms. The summed E-state index contributed by atoms with van der Waals surface area (Å²) < 4.78 is 13.1. The first-order valence-electron chi connectivity index (χ1n) is 8.19. The van der Waals surface area contributed by atoms with Gasteiger partial charge in [-0.25, -0.2) is 9.78 Å². The van der Waals surface area contributed by atoms with Crippen molar-refractivity contribution in [2.75, 3.05) is 0 Å². The SMILES string of the molecule is CC(C)Oc1cncc(C(=O)OC(C)c2nc3ccccc3n2C)c1. The molecule has 1 aromatic carbocycles. The molecule has 1 atom stereocenters. The minimum atomic E-state index is -0.487. The Morgan fingerprint density at radius 2 is 1.92 bits per heavy atom. The molecule has 0 aliphatic carbocycles. The number of rotatable bonds is 5. The van der Waals surface area contributed by atoms with Gasteiger partial charge in [-0.2, -0.15) is 0 Å². The number of fused-ring (bicyclic) bond motifs is 1. The second kappa shape index (κ2) is 6.93. The molecule has 130 valence electrons. The average molecular weight is 339 g/mol. The predicted molar refractivity (Wildman–Crippen MR) is 94.5 cm³/mol. The van der Waals surface area contributed by atoms with Gasteiger partial charge in [0.15, 0.2) is 11.9 Å². The second-order valence-electron chi connectivity index (χ2n) is 6.14. The summed E-state index contributed by atoms with van der Waals surface area (Å²) in [6, 6.07) is 9.44. The Bertz CT molecular complexity index is 902. The van der Waals surface area contributed by atoms with Crippen molar-refractivity contribution in [3.05, 3.63) is 54.1 Å². The molecule has 0 saturated carbocycles. The Hall–Kier alpha value is -2.89. The molecule has 3 aromatic rings. The van der Waals surface area contributed by atoms with Gasteiger partial charge in [-0.15, -0.1) is 0 Å². The third kappa shape index (κ3) is 3.63. The molecule has 2 aromatic heterocycles. The summed E-state index contributed by atoms with van der Waals surface area (Å²) in [4.78, 5) is 21.0. The Labute approximate surface area is 146 Å². The fourth-order valence-corrected chi connectivity index (χ4v) is 2.68. The average Bonchev–Trinajstić information content (AvgIpc) is 2.92. The quantitative estimate of drug-likeness (QED) is 0.664. The van der Waals surface area contributed by atoms with Gasteiger partial charge in [-0.3, -0.25) is 4.98 Å². The number of carbonyl (C=O) groups is 1. The minimum absolute atomic E-state index is 0.00647. The molecule has 0 aliphatic heterocycles. The van der Waals surface area contributed by atoms with E-state index in [-0.39, 0.29) is 6.10 Å². The lowest BCUT2D eigenvalue weighted by Crippen LogP contribution is -2.13. The molecule has 0 radical (unpaired) electrons. The van der Waals surface area contributed by atoms with Crippen LogP contribution in [-0.4, -0.2) is 26.6 Å². The number of hydrogen-bond donors (Lipinski definition) is 0. The zero-order valence-electron chi connectivity index (χ0n) is 14.8. The van der Waals surface area contributed by atoms with Crippen LogP contribution in [0, 0.1) is 0 Å². The van der Waals surface area contributed by atoms with Gasteiger partial charge in [0.05, 0.1) is 28.9 Å². The van der Waals surface area contributed by atoms with E-state index in [9.17, 15) is 4.79 Å². The van der Waals surface area contributed by atoms with Crippen molar-refractivity contribution in [2.45, 2.75) is 33.0 Å². The van der Waals surface area contributed by atoms with Crippen molar-refractivity contribution >= 4 is 17.0 Å². The van der Waals surface area contributed by atoms with Crippen LogP contribution in [-0.2, 0) is 11.8 Å². The van der Waals surface area contributed by atoms with Gasteiger partial charge in [0.25, 0.3) is 0 Å². The Morgan fingerprint density at radius 1 is 1.16 bits per heavy atom. The van der Waals surface area contributed by atoms with Crippen molar-refractivity contribution in [1.82, 2.24) is 14.5 Å². The number of aromatic nitrogens is 3. The molecule has 6 nitrogen and oxygen atoms in total. The van der Waals surface area contributed by atoms with Crippen LogP contribution < -0.4 is 4.74 Å². The van der Waals surface area contributed by atoms with E-state index in [4.69, 9.17) is 9.47 Å². The topological polar surface area (TPSA) is 66.2 Å². The minimum Gasteiger partial charge on any atom is -0.489 e. The number of esters is 1. The highest BCUT2D eigenvalue weighted by Crippen LogP contribution is 2.23. The van der Waals surface area contributed by atoms with Crippen LogP contribution >= 0.6 is 0 Å². The summed E-state index contributed by atoms with van der Waals surface area (Å²) in [5, 5.41) is 0. The van der Waals surface area contributed by atoms with Crippen molar-refractivity contribution in [3.8, 4) is 5.75 Å². The maximum absolute atomic E-state index is 12.4. The summed E-state index contributed by atoms with van der Waals surface area (Å²) in [7, 11) is 1.91. The monoisotopic (exact) mass is 339 g/mol. The Morgan fingerprint density at radius 3 is 2.64 bits per heavy atom. The highest BCUT2D eigenvalue weighted by Gasteiger charge is 2.20. The molecule has 0 fully saturated rings. The first-order valence-corrected chi connectivity index (χ1v) is 8.19. The van der Waals surface area contributed by atoms with Gasteiger partial charge in [0, 0.05) is 13.2 Å². The molecule has 2 heterocycles. The van der Waals surface area contributed by atoms with Gasteiger partial charge in [-0.05, 0) is 39.0 Å². The molecular formula is C19H21N3O3. The normalized spacial score (nSPS) is 12.4. The molecule has 0 N–H and O–H groups in total. The number of aryl methyl sites for hydroxylation is 1. The molecule has 0 amide bonds. The van der Waals surface area contributed by atoms with Crippen molar-refractivity contribution in [1.29, 1.82) is 0 Å². The van der Waals surface area contributed by atoms with E-state index in [2.05, 4.69) is 9.97 Å². The van der Waals surface area contributed by atoms with Gasteiger partial charge in [0.1, 0.15) is 5.75 Å². The van der Waals surface area contributed by atoms with Crippen LogP contribution in [0.4, 0.5) is 0 Å². The summed E-state index contributed by atoms with van der Waals surface area (Å²) in [6.45, 7) is 5.64. The number of hydrogen-bond acceptors (Lipinski definition) is 5. The van der Waals surface area contributed by atoms with E-state index in [0.29, 0.717) is 17.1 Å². The first kappa shape index (κ1) is 17.0. The number of imidazole rings is 1. The van der Waals surface area contributed by atoms with E-state index in [1.165, 1.54) is 6.20 Å². The fraction of sp³-hybridized carbons (Fsp3) is 0.316. The zero-order chi connectivity index (χ0) is 18.0. The van der Waals surface area contributed by atoms with E-state index < -0.39 is 12.1 Å². The van der Waals surface area contributed by atoms with Gasteiger partial charge >= 0.3 is 5.97 Å². The summed E-state index contributed by atoms with van der Waals surface area (Å²) in [6.07, 6.45) is 2.56. The molecule has 0 saturated heterocycles. The maximum atomic E-state index is 12.4. The van der Waals surface area contributed by atoms with Crippen LogP contribution in [0.2, 0.25) is 0 Å². The second-order valence-corrected chi connectivity index (χ2v) is 6.14. The summed E-state index contributed by atoms with van der Waals surface area (Å²) >= 11 is 0. The van der Waals surface area contributed by atoms with E-state index in [1.807, 2.05) is 49.7 Å². The lowest BCUT2D eigenvalue weighted by molar-refractivity contribution is 0.0314. The van der Waals surface area contributed by atoms with E-state index in [0.717, 1.165) is 11.0 Å². The van der Waals surface area contributed by atoms with Gasteiger partial charge in [-0.1, -0.05) is 12.1 Å². The van der Waals surface area contributed by atoms with Crippen molar-refractivity contribution < 1.29 is 14.3 Å². The third-order valence-electron chi connectivity index (χ3n) is 3.79. The Kier molecular flexibility index (Phi) is 4.70. The molecule has 1 unspecified atom stereocenters. The van der Waals surface area contributed by atoms with E-state index in [1.54, 1.807) is 19.2 Å². The van der Waals surface area contributed by atoms with E-state index >= 15 is 0 Å². The molecule has 25 heavy (non-hydrogen) atoms. The Balaban J connectivity index is 1.79. The number of benzene rings is 1. The first-order chi connectivity index (χ1) is 12.0. The van der Waals surface area contributed by atoms with Crippen LogP contribution in [0.5, 0.6) is 5.75 Å². The third-order valence-corrected chi connectivity index (χ3v) is 3.79. The van der Waals surface area contributed by atoms with Crippen LogP contribution in [0.25, 0.3) is 11.0 Å². The number of para-hydroxylation sites is 2. The van der Waals surface area contributed by atoms with Gasteiger partial charge in [0.2, 0.25) is 0 Å². The molecule has 0 bridgehead atoms. The van der Waals surface area contributed by atoms with Crippen LogP contribution in [0.3, 0.4) is 0 Å². The fourth-order valence-electron chi connectivity index (χ4n) is 2.68. The van der Waals surface area contributed by atoms with Crippen LogP contribution in [0.1, 0.15) is 43.1 Å². The molecular weight excluding hydrogens is 318 g/mol. The lowest BCUT2D eigenvalue weighted by Gasteiger charge is -2.14. The standard InChI is InChI=1S/C19H21N3O3/c1-12(2)24-15-9-14(10-20-11-15)19(23)25-13(3)18-21-16-7-5-6-8-17(16)22(18)4/h5-13H,1-4H3. The lowest BCUT2D eigenvalue weighted by atomic mass is 10.2. The van der Waals surface area contributed by atoms with Crippen molar-refractivity contribution in [2.24, 2.45) is 7.05 Å². The largest absolute Gasteiger partial charge is 0.489 e. The van der Waals surface area contributed by atoms with Crippen LogP contribution in [0.15, 0.2) is 42.7 Å². The number of ether oxygens (including phenoxy) is 2. The number of nitrogens with zero attached hydrogens (tertiary/aromatic N) is 3. The van der Waals surface area contributed by atoms with Gasteiger partial charge < -0.3 is 14.0 Å². The maximum Gasteiger partial charge on any atom is 0.340 e. The van der Waals surface area contributed by atoms with Crippen molar-refractivity contribution in [3.63, 3.8) is 0 Å². The molecule has 3 rings (SSSR count).